The number of phenols is 1. The normalized spacial score (nSPS) is 11.6. The number of aromatic hydroxyl groups is 1. The van der Waals surface area contributed by atoms with Crippen molar-refractivity contribution in [3.63, 3.8) is 0 Å². The first kappa shape index (κ1) is 17.8. The minimum Gasteiger partial charge on any atom is -0.507 e. The Morgan fingerprint density at radius 3 is 2.62 bits per heavy atom. The monoisotopic (exact) mass is 323 g/mol. The largest absolute Gasteiger partial charge is 0.507 e. The van der Waals surface area contributed by atoms with Gasteiger partial charge in [-0.2, -0.15) is 0 Å². The van der Waals surface area contributed by atoms with Crippen LogP contribution < -0.4 is 4.74 Å². The van der Waals surface area contributed by atoms with Crippen molar-refractivity contribution in [2.45, 2.75) is 32.6 Å². The van der Waals surface area contributed by atoms with E-state index >= 15 is 0 Å². The molecule has 0 atom stereocenters. The summed E-state index contributed by atoms with van der Waals surface area (Å²) >= 11 is 0. The van der Waals surface area contributed by atoms with Gasteiger partial charge in [-0.15, -0.1) is 6.58 Å². The van der Waals surface area contributed by atoms with E-state index in [1.54, 1.807) is 6.21 Å². The number of ether oxygens (including phenoxy) is 1. The summed E-state index contributed by atoms with van der Waals surface area (Å²) in [5.41, 5.74) is 2.28. The Labute approximate surface area is 144 Å². The minimum atomic E-state index is -0.118. The lowest BCUT2D eigenvalue weighted by atomic mass is 9.85. The number of hydrogen-bond donors (Lipinski definition) is 1. The molecule has 0 heterocycles. The summed E-state index contributed by atoms with van der Waals surface area (Å²) in [6.07, 6.45) is 4.32. The number of aliphatic imine (C=N–C) groups is 1. The smallest absolute Gasteiger partial charge is 0.128 e. The van der Waals surface area contributed by atoms with Gasteiger partial charge in [-0.1, -0.05) is 45.0 Å². The molecule has 0 spiro atoms. The zero-order chi connectivity index (χ0) is 17.6. The Morgan fingerprint density at radius 2 is 1.92 bits per heavy atom. The van der Waals surface area contributed by atoms with Crippen molar-refractivity contribution in [2.24, 2.45) is 4.99 Å². The van der Waals surface area contributed by atoms with Crippen LogP contribution in [0.15, 0.2) is 60.1 Å². The molecule has 3 heteroatoms. The molecule has 0 aliphatic carbocycles. The van der Waals surface area contributed by atoms with E-state index in [0.29, 0.717) is 12.2 Å². The fourth-order valence-electron chi connectivity index (χ4n) is 2.33. The van der Waals surface area contributed by atoms with Crippen molar-refractivity contribution in [3.05, 3.63) is 66.2 Å². The van der Waals surface area contributed by atoms with E-state index in [1.165, 1.54) is 0 Å². The van der Waals surface area contributed by atoms with Crippen molar-refractivity contribution in [2.75, 3.05) is 6.61 Å². The Morgan fingerprint density at radius 1 is 1.17 bits per heavy atom. The van der Waals surface area contributed by atoms with Crippen LogP contribution in [0.3, 0.4) is 0 Å². The number of benzene rings is 2. The minimum absolute atomic E-state index is 0.118. The zero-order valence-corrected chi connectivity index (χ0v) is 14.6. The van der Waals surface area contributed by atoms with Crippen LogP contribution in [0.2, 0.25) is 0 Å². The lowest BCUT2D eigenvalue weighted by Crippen LogP contribution is -2.11. The quantitative estimate of drug-likeness (QED) is 0.439. The maximum Gasteiger partial charge on any atom is 0.128 e. The Balaban J connectivity index is 2.19. The highest BCUT2D eigenvalue weighted by molar-refractivity contribution is 5.86. The van der Waals surface area contributed by atoms with Crippen LogP contribution in [0.5, 0.6) is 11.5 Å². The van der Waals surface area contributed by atoms with Crippen LogP contribution in [0.4, 0.5) is 5.69 Å². The molecule has 0 radical (unpaired) electrons. The van der Waals surface area contributed by atoms with E-state index in [2.05, 4.69) is 32.3 Å². The molecule has 0 aromatic heterocycles. The van der Waals surface area contributed by atoms with E-state index in [4.69, 9.17) is 4.74 Å². The number of rotatable bonds is 6. The second-order valence-corrected chi connectivity index (χ2v) is 6.67. The van der Waals surface area contributed by atoms with Crippen molar-refractivity contribution >= 4 is 11.9 Å². The first-order valence-corrected chi connectivity index (χ1v) is 8.12. The molecule has 2 aromatic carbocycles. The molecule has 3 nitrogen and oxygen atoms in total. The number of nitrogens with zero attached hydrogens (tertiary/aromatic N) is 1. The van der Waals surface area contributed by atoms with Gasteiger partial charge in [0.15, 0.2) is 0 Å². The molecule has 0 saturated carbocycles. The van der Waals surface area contributed by atoms with Crippen molar-refractivity contribution in [3.8, 4) is 11.5 Å². The molecular weight excluding hydrogens is 298 g/mol. The Bertz CT molecular complexity index is 727. The van der Waals surface area contributed by atoms with Crippen LogP contribution in [-0.4, -0.2) is 17.9 Å². The zero-order valence-electron chi connectivity index (χ0n) is 14.6. The van der Waals surface area contributed by atoms with Gasteiger partial charge in [-0.05, 0) is 35.6 Å². The average molecular weight is 323 g/mol. The molecule has 126 valence electrons. The van der Waals surface area contributed by atoms with Gasteiger partial charge in [0.2, 0.25) is 0 Å². The third-order valence-corrected chi connectivity index (χ3v) is 3.64. The van der Waals surface area contributed by atoms with Gasteiger partial charge in [0.25, 0.3) is 0 Å². The van der Waals surface area contributed by atoms with Gasteiger partial charge >= 0.3 is 0 Å². The fraction of sp³-hybridized carbons (Fsp3) is 0.286. The van der Waals surface area contributed by atoms with Gasteiger partial charge in [-0.25, -0.2) is 0 Å². The SMILES string of the molecule is C=CCCOc1cccc(N=Cc2cccc(C(C)(C)C)c2O)c1. The van der Waals surface area contributed by atoms with Crippen LogP contribution in [0, 0.1) is 0 Å². The molecule has 0 aliphatic rings. The summed E-state index contributed by atoms with van der Waals surface area (Å²) in [6.45, 7) is 10.5. The first-order valence-electron chi connectivity index (χ1n) is 8.12. The highest BCUT2D eigenvalue weighted by atomic mass is 16.5. The molecule has 0 fully saturated rings. The van der Waals surface area contributed by atoms with Crippen LogP contribution in [-0.2, 0) is 5.41 Å². The molecule has 0 bridgehead atoms. The Hall–Kier alpha value is -2.55. The van der Waals surface area contributed by atoms with Crippen LogP contribution >= 0.6 is 0 Å². The number of phenolic OH excluding ortho intramolecular Hbond substituents is 1. The summed E-state index contributed by atoms with van der Waals surface area (Å²) < 4.78 is 5.63. The summed E-state index contributed by atoms with van der Waals surface area (Å²) in [7, 11) is 0. The second-order valence-electron chi connectivity index (χ2n) is 6.67. The van der Waals surface area contributed by atoms with Gasteiger partial charge in [0, 0.05) is 17.8 Å². The molecule has 2 rings (SSSR count). The molecule has 0 unspecified atom stereocenters. The first-order chi connectivity index (χ1) is 11.4. The van der Waals surface area contributed by atoms with Gasteiger partial charge in [0.05, 0.1) is 12.3 Å². The number of hydrogen-bond acceptors (Lipinski definition) is 3. The predicted octanol–water partition coefficient (Wildman–Crippen LogP) is 5.40. The molecule has 0 amide bonds. The van der Waals surface area contributed by atoms with E-state index in [1.807, 2.05) is 48.5 Å². The van der Waals surface area contributed by atoms with Crippen molar-refractivity contribution < 1.29 is 9.84 Å². The molecule has 1 N–H and O–H groups in total. The fourth-order valence-corrected chi connectivity index (χ4v) is 2.33. The third kappa shape index (κ3) is 4.72. The van der Waals surface area contributed by atoms with Gasteiger partial charge in [-0.3, -0.25) is 4.99 Å². The van der Waals surface area contributed by atoms with Gasteiger partial charge < -0.3 is 9.84 Å². The lowest BCUT2D eigenvalue weighted by molar-refractivity contribution is 0.325. The summed E-state index contributed by atoms with van der Waals surface area (Å²) in [4.78, 5) is 4.46. The molecule has 0 aliphatic heterocycles. The average Bonchev–Trinajstić information content (AvgIpc) is 2.53. The highest BCUT2D eigenvalue weighted by Gasteiger charge is 2.19. The summed E-state index contributed by atoms with van der Waals surface area (Å²) in [5.74, 6) is 1.06. The van der Waals surface area contributed by atoms with Crippen LogP contribution in [0.25, 0.3) is 0 Å². The van der Waals surface area contributed by atoms with E-state index < -0.39 is 0 Å². The maximum atomic E-state index is 10.5. The topological polar surface area (TPSA) is 41.8 Å². The predicted molar refractivity (Wildman–Crippen MR) is 101 cm³/mol. The van der Waals surface area contributed by atoms with Crippen molar-refractivity contribution in [1.29, 1.82) is 0 Å². The second kappa shape index (κ2) is 7.82. The van der Waals surface area contributed by atoms with E-state index in [-0.39, 0.29) is 11.2 Å². The molecule has 24 heavy (non-hydrogen) atoms. The summed E-state index contributed by atoms with van der Waals surface area (Å²) in [6, 6.07) is 13.3. The Kier molecular flexibility index (Phi) is 5.80. The van der Waals surface area contributed by atoms with Crippen LogP contribution in [0.1, 0.15) is 38.3 Å². The summed E-state index contributed by atoms with van der Waals surface area (Å²) in [5, 5.41) is 10.5. The molecule has 2 aromatic rings. The third-order valence-electron chi connectivity index (χ3n) is 3.64. The lowest BCUT2D eigenvalue weighted by Gasteiger charge is -2.21. The number of para-hydroxylation sites is 1. The standard InChI is InChI=1S/C21H25NO2/c1-5-6-13-24-18-11-8-10-17(14-18)22-15-16-9-7-12-19(20(16)23)21(2,3)4/h5,7-12,14-15,23H,1,6,13H2,2-4H3. The molecular formula is C21H25NO2. The maximum absolute atomic E-state index is 10.5. The van der Waals surface area contributed by atoms with E-state index in [9.17, 15) is 5.11 Å². The van der Waals surface area contributed by atoms with E-state index in [0.717, 1.165) is 23.4 Å². The highest BCUT2D eigenvalue weighted by Crippen LogP contribution is 2.32. The van der Waals surface area contributed by atoms with Gasteiger partial charge in [0.1, 0.15) is 11.5 Å². The van der Waals surface area contributed by atoms with Crippen molar-refractivity contribution in [1.82, 2.24) is 0 Å². The molecule has 0 saturated heterocycles.